The van der Waals surface area contributed by atoms with E-state index in [1.807, 2.05) is 26.0 Å². The summed E-state index contributed by atoms with van der Waals surface area (Å²) in [5.41, 5.74) is 1.05. The van der Waals surface area contributed by atoms with Crippen LogP contribution in [0.3, 0.4) is 0 Å². The fourth-order valence-corrected chi connectivity index (χ4v) is 2.18. The zero-order valence-electron chi connectivity index (χ0n) is 10.3. The minimum atomic E-state index is -0.214. The molecular weight excluding hydrogens is 297 g/mol. The second-order valence-corrected chi connectivity index (χ2v) is 5.09. The Morgan fingerprint density at radius 3 is 2.28 bits per heavy atom. The highest BCUT2D eigenvalue weighted by Crippen LogP contribution is 2.23. The van der Waals surface area contributed by atoms with E-state index in [1.54, 1.807) is 12.1 Å². The lowest BCUT2D eigenvalue weighted by Gasteiger charge is -2.18. The van der Waals surface area contributed by atoms with Gasteiger partial charge >= 0.3 is 0 Å². The summed E-state index contributed by atoms with van der Waals surface area (Å²) >= 11 is 3.28. The van der Waals surface area contributed by atoms with Crippen LogP contribution in [-0.2, 0) is 0 Å². The van der Waals surface area contributed by atoms with E-state index in [0.717, 1.165) is 16.0 Å². The summed E-state index contributed by atoms with van der Waals surface area (Å²) in [6.45, 7) is 4.08. The van der Waals surface area contributed by atoms with Crippen LogP contribution >= 0.6 is 15.9 Å². The van der Waals surface area contributed by atoms with E-state index in [-0.39, 0.29) is 17.9 Å². The molecule has 0 aliphatic heterocycles. The van der Waals surface area contributed by atoms with Crippen molar-refractivity contribution in [3.8, 4) is 0 Å². The summed E-state index contributed by atoms with van der Waals surface area (Å²) in [5, 5.41) is 3.41. The Kier molecular flexibility index (Phi) is 4.19. The maximum Gasteiger partial charge on any atom is 0.169 e. The summed E-state index contributed by atoms with van der Waals surface area (Å²) in [6.07, 6.45) is 0. The van der Waals surface area contributed by atoms with Crippen LogP contribution in [-0.4, -0.2) is 0 Å². The van der Waals surface area contributed by atoms with Gasteiger partial charge in [-0.2, -0.15) is 0 Å². The third-order valence-electron chi connectivity index (χ3n) is 2.89. The first-order valence-corrected chi connectivity index (χ1v) is 6.62. The minimum absolute atomic E-state index is 0.0938. The standard InChI is InChI=1S/C14H15BrFNO/c1-9(11-3-5-12(16)6-4-11)17-10(2)13-7-8-14(15)18-13/h3-10,17H,1-2H3/t9-,10?/m0/s1. The third kappa shape index (κ3) is 3.21. The molecule has 2 aromatic rings. The van der Waals surface area contributed by atoms with Gasteiger partial charge in [-0.05, 0) is 59.6 Å². The van der Waals surface area contributed by atoms with Crippen LogP contribution in [0.1, 0.15) is 37.3 Å². The van der Waals surface area contributed by atoms with Crippen molar-refractivity contribution in [1.29, 1.82) is 0 Å². The maximum atomic E-state index is 12.8. The fraction of sp³-hybridized carbons (Fsp3) is 0.286. The van der Waals surface area contributed by atoms with Crippen molar-refractivity contribution >= 4 is 15.9 Å². The largest absolute Gasteiger partial charge is 0.453 e. The van der Waals surface area contributed by atoms with E-state index in [4.69, 9.17) is 4.42 Å². The highest BCUT2D eigenvalue weighted by molar-refractivity contribution is 9.10. The second-order valence-electron chi connectivity index (χ2n) is 4.30. The Morgan fingerprint density at radius 2 is 1.72 bits per heavy atom. The molecule has 0 aliphatic carbocycles. The third-order valence-corrected chi connectivity index (χ3v) is 3.32. The average molecular weight is 312 g/mol. The van der Waals surface area contributed by atoms with Gasteiger partial charge in [0.15, 0.2) is 4.67 Å². The number of nitrogens with one attached hydrogen (secondary N) is 1. The predicted octanol–water partition coefficient (Wildman–Crippen LogP) is 4.59. The van der Waals surface area contributed by atoms with Crippen molar-refractivity contribution in [3.63, 3.8) is 0 Å². The van der Waals surface area contributed by atoms with Crippen LogP contribution in [0.15, 0.2) is 45.5 Å². The summed E-state index contributed by atoms with van der Waals surface area (Å²) < 4.78 is 19.1. The molecule has 0 aliphatic rings. The molecule has 0 fully saturated rings. The molecule has 1 aromatic carbocycles. The SMILES string of the molecule is CC(N[C@@H](C)c1ccc(F)cc1)c1ccc(Br)o1. The van der Waals surface area contributed by atoms with E-state index >= 15 is 0 Å². The van der Waals surface area contributed by atoms with Crippen LogP contribution < -0.4 is 5.32 Å². The van der Waals surface area contributed by atoms with Gasteiger partial charge in [0.1, 0.15) is 11.6 Å². The molecule has 4 heteroatoms. The van der Waals surface area contributed by atoms with Gasteiger partial charge in [-0.15, -0.1) is 0 Å². The van der Waals surface area contributed by atoms with E-state index in [2.05, 4.69) is 21.2 Å². The first-order chi connectivity index (χ1) is 8.56. The van der Waals surface area contributed by atoms with Gasteiger partial charge in [-0.1, -0.05) is 12.1 Å². The Morgan fingerprint density at radius 1 is 1.06 bits per heavy atom. The van der Waals surface area contributed by atoms with E-state index in [9.17, 15) is 4.39 Å². The van der Waals surface area contributed by atoms with Crippen molar-refractivity contribution in [1.82, 2.24) is 5.32 Å². The van der Waals surface area contributed by atoms with Crippen LogP contribution in [0.5, 0.6) is 0 Å². The maximum absolute atomic E-state index is 12.8. The van der Waals surface area contributed by atoms with Crippen LogP contribution in [0.2, 0.25) is 0 Å². The first kappa shape index (κ1) is 13.3. The monoisotopic (exact) mass is 311 g/mol. The Hall–Kier alpha value is -1.13. The molecule has 0 saturated carbocycles. The number of benzene rings is 1. The van der Waals surface area contributed by atoms with Crippen LogP contribution in [0.25, 0.3) is 0 Å². The van der Waals surface area contributed by atoms with Crippen molar-refractivity contribution in [3.05, 3.63) is 58.2 Å². The molecule has 1 aromatic heterocycles. The lowest BCUT2D eigenvalue weighted by Crippen LogP contribution is -2.22. The number of hydrogen-bond acceptors (Lipinski definition) is 2. The quantitative estimate of drug-likeness (QED) is 0.893. The summed E-state index contributed by atoms with van der Waals surface area (Å²) in [5.74, 6) is 0.657. The molecule has 0 bridgehead atoms. The van der Waals surface area contributed by atoms with E-state index in [1.165, 1.54) is 12.1 Å². The van der Waals surface area contributed by atoms with Gasteiger partial charge in [0.05, 0.1) is 6.04 Å². The molecule has 0 amide bonds. The molecule has 1 heterocycles. The van der Waals surface area contributed by atoms with Gasteiger partial charge in [-0.3, -0.25) is 0 Å². The van der Waals surface area contributed by atoms with Crippen LogP contribution in [0.4, 0.5) is 4.39 Å². The molecule has 2 atom stereocenters. The van der Waals surface area contributed by atoms with Crippen molar-refractivity contribution < 1.29 is 8.81 Å². The lowest BCUT2D eigenvalue weighted by atomic mass is 10.1. The molecule has 0 radical (unpaired) electrons. The first-order valence-electron chi connectivity index (χ1n) is 5.83. The van der Waals surface area contributed by atoms with Gasteiger partial charge in [-0.25, -0.2) is 4.39 Å². The van der Waals surface area contributed by atoms with Crippen LogP contribution in [0, 0.1) is 5.82 Å². The summed E-state index contributed by atoms with van der Waals surface area (Å²) in [7, 11) is 0. The molecule has 2 rings (SSSR count). The highest BCUT2D eigenvalue weighted by atomic mass is 79.9. The predicted molar refractivity (Wildman–Crippen MR) is 72.8 cm³/mol. The molecule has 0 saturated heterocycles. The van der Waals surface area contributed by atoms with E-state index < -0.39 is 0 Å². The number of hydrogen-bond donors (Lipinski definition) is 1. The number of rotatable bonds is 4. The molecule has 0 spiro atoms. The van der Waals surface area contributed by atoms with Gasteiger partial charge in [0.2, 0.25) is 0 Å². The lowest BCUT2D eigenvalue weighted by molar-refractivity contribution is 0.393. The average Bonchev–Trinajstić information content (AvgIpc) is 2.76. The fourth-order valence-electron chi connectivity index (χ4n) is 1.87. The van der Waals surface area contributed by atoms with Crippen molar-refractivity contribution in [2.75, 3.05) is 0 Å². The highest BCUT2D eigenvalue weighted by Gasteiger charge is 2.13. The van der Waals surface area contributed by atoms with Crippen molar-refractivity contribution in [2.45, 2.75) is 25.9 Å². The summed E-state index contributed by atoms with van der Waals surface area (Å²) in [4.78, 5) is 0. The molecular formula is C14H15BrFNO. The van der Waals surface area contributed by atoms with Gasteiger partial charge in [0.25, 0.3) is 0 Å². The van der Waals surface area contributed by atoms with Crippen molar-refractivity contribution in [2.24, 2.45) is 0 Å². The molecule has 96 valence electrons. The van der Waals surface area contributed by atoms with E-state index in [0.29, 0.717) is 0 Å². The zero-order valence-corrected chi connectivity index (χ0v) is 11.9. The van der Waals surface area contributed by atoms with Gasteiger partial charge < -0.3 is 9.73 Å². The Bertz CT molecular complexity index is 509. The molecule has 1 unspecified atom stereocenters. The minimum Gasteiger partial charge on any atom is -0.453 e. The molecule has 18 heavy (non-hydrogen) atoms. The Balaban J connectivity index is 2.02. The number of halogens is 2. The summed E-state index contributed by atoms with van der Waals surface area (Å²) in [6, 6.07) is 10.6. The topological polar surface area (TPSA) is 25.2 Å². The molecule has 2 nitrogen and oxygen atoms in total. The normalized spacial score (nSPS) is 14.4. The Labute approximate surface area is 114 Å². The smallest absolute Gasteiger partial charge is 0.169 e. The number of furan rings is 1. The second kappa shape index (κ2) is 5.67. The van der Waals surface area contributed by atoms with Gasteiger partial charge in [0, 0.05) is 6.04 Å². The molecule has 1 N–H and O–H groups in total. The zero-order chi connectivity index (χ0) is 13.1.